The summed E-state index contributed by atoms with van der Waals surface area (Å²) in [6.45, 7) is 4.35. The number of hydrogen-bond donors (Lipinski definition) is 1. The monoisotopic (exact) mass is 341 g/mol. The highest BCUT2D eigenvalue weighted by atomic mass is 32.1. The Morgan fingerprint density at radius 3 is 2.58 bits per heavy atom. The zero-order valence-electron chi connectivity index (χ0n) is 13.7. The third-order valence-corrected chi connectivity index (χ3v) is 5.10. The van der Waals surface area contributed by atoms with Crippen LogP contribution in [0.3, 0.4) is 0 Å². The number of fused-ring (bicyclic) bond motifs is 1. The predicted molar refractivity (Wildman–Crippen MR) is 96.3 cm³/mol. The minimum atomic E-state index is -0.240. The van der Waals surface area contributed by atoms with E-state index in [4.69, 9.17) is 0 Å². The fourth-order valence-corrected chi connectivity index (χ4v) is 3.49. The van der Waals surface area contributed by atoms with Gasteiger partial charge in [0.05, 0.1) is 17.6 Å². The molecule has 6 heteroatoms. The summed E-state index contributed by atoms with van der Waals surface area (Å²) in [6, 6.07) is 11.4. The molecule has 0 bridgehead atoms. The lowest BCUT2D eigenvalue weighted by atomic mass is 10.1. The van der Waals surface area contributed by atoms with Crippen molar-refractivity contribution in [2.75, 3.05) is 0 Å². The van der Waals surface area contributed by atoms with E-state index in [1.54, 1.807) is 17.4 Å². The van der Waals surface area contributed by atoms with Crippen molar-refractivity contribution < 1.29 is 4.79 Å². The van der Waals surface area contributed by atoms with Crippen molar-refractivity contribution in [1.82, 2.24) is 15.1 Å². The first-order chi connectivity index (χ1) is 11.6. The van der Waals surface area contributed by atoms with Crippen molar-refractivity contribution in [2.24, 2.45) is 0 Å². The van der Waals surface area contributed by atoms with Crippen molar-refractivity contribution in [2.45, 2.75) is 33.4 Å². The first-order valence-electron chi connectivity index (χ1n) is 7.89. The Balaban J connectivity index is 1.73. The molecule has 0 aliphatic carbocycles. The van der Waals surface area contributed by atoms with Crippen LogP contribution >= 0.6 is 11.3 Å². The molecule has 24 heavy (non-hydrogen) atoms. The molecule has 3 rings (SSSR count). The number of hydrogen-bond acceptors (Lipinski definition) is 4. The van der Waals surface area contributed by atoms with Gasteiger partial charge in [-0.15, -0.1) is 11.3 Å². The van der Waals surface area contributed by atoms with Crippen LogP contribution in [0.2, 0.25) is 0 Å². The van der Waals surface area contributed by atoms with Gasteiger partial charge in [0.25, 0.3) is 5.56 Å². The molecule has 0 fully saturated rings. The van der Waals surface area contributed by atoms with Gasteiger partial charge in [-0.2, -0.15) is 5.10 Å². The van der Waals surface area contributed by atoms with Crippen LogP contribution in [0.25, 0.3) is 10.8 Å². The molecule has 0 radical (unpaired) electrons. The summed E-state index contributed by atoms with van der Waals surface area (Å²) in [5.41, 5.74) is 0.500. The Kier molecular flexibility index (Phi) is 4.76. The number of benzene rings is 1. The average Bonchev–Trinajstić information content (AvgIpc) is 3.06. The molecule has 1 amide bonds. The van der Waals surface area contributed by atoms with E-state index in [-0.39, 0.29) is 18.0 Å². The largest absolute Gasteiger partial charge is 0.350 e. The van der Waals surface area contributed by atoms with E-state index < -0.39 is 0 Å². The molecule has 0 saturated carbocycles. The van der Waals surface area contributed by atoms with Gasteiger partial charge in [-0.1, -0.05) is 25.1 Å². The van der Waals surface area contributed by atoms with Crippen LogP contribution in [0.4, 0.5) is 0 Å². The maximum Gasteiger partial charge on any atom is 0.275 e. The van der Waals surface area contributed by atoms with Crippen molar-refractivity contribution in [3.05, 3.63) is 62.2 Å². The van der Waals surface area contributed by atoms with Crippen LogP contribution in [0.1, 0.15) is 22.4 Å². The highest BCUT2D eigenvalue weighted by molar-refractivity contribution is 7.11. The van der Waals surface area contributed by atoms with E-state index in [9.17, 15) is 9.59 Å². The number of carbonyl (C=O) groups excluding carboxylic acids is 1. The lowest BCUT2D eigenvalue weighted by molar-refractivity contribution is -0.122. The SMILES string of the molecule is CCc1ccc(CNC(=O)Cn2nc(C)c3ccccc3c2=O)s1. The summed E-state index contributed by atoms with van der Waals surface area (Å²) in [5, 5.41) is 8.52. The number of nitrogens with zero attached hydrogens (tertiary/aromatic N) is 2. The Hall–Kier alpha value is -2.47. The number of aryl methyl sites for hydroxylation is 2. The van der Waals surface area contributed by atoms with Crippen molar-refractivity contribution in [1.29, 1.82) is 0 Å². The zero-order chi connectivity index (χ0) is 17.1. The van der Waals surface area contributed by atoms with Gasteiger partial charge in [-0.3, -0.25) is 9.59 Å². The molecule has 0 atom stereocenters. The molecule has 124 valence electrons. The van der Waals surface area contributed by atoms with Crippen LogP contribution < -0.4 is 10.9 Å². The Bertz CT molecular complexity index is 943. The van der Waals surface area contributed by atoms with Crippen molar-refractivity contribution >= 4 is 28.0 Å². The van der Waals surface area contributed by atoms with Gasteiger partial charge in [0.2, 0.25) is 5.91 Å². The lowest BCUT2D eigenvalue weighted by Crippen LogP contribution is -2.33. The maximum atomic E-state index is 12.5. The van der Waals surface area contributed by atoms with Gasteiger partial charge >= 0.3 is 0 Å². The highest BCUT2D eigenvalue weighted by Crippen LogP contribution is 2.16. The molecule has 0 aliphatic heterocycles. The summed E-state index contributed by atoms with van der Waals surface area (Å²) in [7, 11) is 0. The third kappa shape index (κ3) is 3.38. The van der Waals surface area contributed by atoms with Crippen molar-refractivity contribution in [3.8, 4) is 0 Å². The second-order valence-corrected chi connectivity index (χ2v) is 6.84. The zero-order valence-corrected chi connectivity index (χ0v) is 14.5. The summed E-state index contributed by atoms with van der Waals surface area (Å²) in [4.78, 5) is 27.0. The molecule has 0 aliphatic rings. The second-order valence-electron chi connectivity index (χ2n) is 5.59. The number of thiophene rings is 1. The number of amides is 1. The predicted octanol–water partition coefficient (Wildman–Crippen LogP) is 2.65. The Labute approximate surface area is 143 Å². The summed E-state index contributed by atoms with van der Waals surface area (Å²) < 4.78 is 1.24. The van der Waals surface area contributed by atoms with Crippen LogP contribution in [-0.2, 0) is 24.3 Å². The number of aromatic nitrogens is 2. The minimum Gasteiger partial charge on any atom is -0.350 e. The van der Waals surface area contributed by atoms with E-state index >= 15 is 0 Å². The smallest absolute Gasteiger partial charge is 0.275 e. The third-order valence-electron chi connectivity index (χ3n) is 3.87. The van der Waals surface area contributed by atoms with Crippen LogP contribution in [0.15, 0.2) is 41.2 Å². The molecule has 1 N–H and O–H groups in total. The Morgan fingerprint density at radius 1 is 1.17 bits per heavy atom. The van der Waals surface area contributed by atoms with Gasteiger partial charge in [0, 0.05) is 15.1 Å². The highest BCUT2D eigenvalue weighted by Gasteiger charge is 2.11. The van der Waals surface area contributed by atoms with Crippen LogP contribution in [-0.4, -0.2) is 15.7 Å². The second kappa shape index (κ2) is 6.97. The molecule has 3 aromatic rings. The van der Waals surface area contributed by atoms with E-state index in [0.717, 1.165) is 22.4 Å². The Morgan fingerprint density at radius 2 is 1.88 bits per heavy atom. The van der Waals surface area contributed by atoms with E-state index in [2.05, 4.69) is 23.4 Å². The first kappa shape index (κ1) is 16.4. The molecular weight excluding hydrogens is 322 g/mol. The molecule has 0 spiro atoms. The maximum absolute atomic E-state index is 12.5. The van der Waals surface area contributed by atoms with E-state index in [1.165, 1.54) is 9.56 Å². The molecule has 0 unspecified atom stereocenters. The van der Waals surface area contributed by atoms with Gasteiger partial charge in [-0.05, 0) is 31.5 Å². The molecular formula is C18H19N3O2S. The first-order valence-corrected chi connectivity index (χ1v) is 8.71. The molecule has 1 aromatic carbocycles. The average molecular weight is 341 g/mol. The van der Waals surface area contributed by atoms with Crippen LogP contribution in [0, 0.1) is 6.92 Å². The van der Waals surface area contributed by atoms with Crippen molar-refractivity contribution in [3.63, 3.8) is 0 Å². The topological polar surface area (TPSA) is 64.0 Å². The van der Waals surface area contributed by atoms with Crippen LogP contribution in [0.5, 0.6) is 0 Å². The van der Waals surface area contributed by atoms with Gasteiger partial charge in [0.15, 0.2) is 0 Å². The fraction of sp³-hybridized carbons (Fsp3) is 0.278. The quantitative estimate of drug-likeness (QED) is 0.776. The minimum absolute atomic E-state index is 0.0729. The number of rotatable bonds is 5. The number of nitrogens with one attached hydrogen (secondary N) is 1. The summed E-state index contributed by atoms with van der Waals surface area (Å²) in [5.74, 6) is -0.217. The van der Waals surface area contributed by atoms with Gasteiger partial charge < -0.3 is 5.32 Å². The van der Waals surface area contributed by atoms with Gasteiger partial charge in [-0.25, -0.2) is 4.68 Å². The molecule has 2 aromatic heterocycles. The normalized spacial score (nSPS) is 10.9. The molecule has 0 saturated heterocycles. The summed E-state index contributed by atoms with van der Waals surface area (Å²) in [6.07, 6.45) is 0.994. The molecule has 2 heterocycles. The number of carbonyl (C=O) groups is 1. The van der Waals surface area contributed by atoms with E-state index in [1.807, 2.05) is 31.2 Å². The lowest BCUT2D eigenvalue weighted by Gasteiger charge is -2.09. The summed E-state index contributed by atoms with van der Waals surface area (Å²) >= 11 is 1.69. The van der Waals surface area contributed by atoms with E-state index in [0.29, 0.717) is 11.9 Å². The van der Waals surface area contributed by atoms with Gasteiger partial charge in [0.1, 0.15) is 6.54 Å². The fourth-order valence-electron chi connectivity index (χ4n) is 2.60. The molecule has 5 nitrogen and oxygen atoms in total. The standard InChI is InChI=1S/C18H19N3O2S/c1-3-13-8-9-14(24-13)10-19-17(22)11-21-18(23)16-7-5-4-6-15(16)12(2)20-21/h4-9H,3,10-11H2,1-2H3,(H,19,22).